The van der Waals surface area contributed by atoms with Crippen LogP contribution in [-0.2, 0) is 7.05 Å². The SMILES string of the molecule is Cc1ccc(C(C)Nc2nccc3c2ncn3C)cc1F. The Morgan fingerprint density at radius 1 is 1.24 bits per heavy atom. The summed E-state index contributed by atoms with van der Waals surface area (Å²) in [5.74, 6) is 0.520. The van der Waals surface area contributed by atoms with E-state index in [1.807, 2.05) is 30.7 Å². The topological polar surface area (TPSA) is 42.7 Å². The first kappa shape index (κ1) is 13.5. The molecule has 1 unspecified atom stereocenters. The molecule has 21 heavy (non-hydrogen) atoms. The number of halogens is 1. The van der Waals surface area contributed by atoms with Crippen molar-refractivity contribution in [2.45, 2.75) is 19.9 Å². The molecule has 108 valence electrons. The van der Waals surface area contributed by atoms with Crippen LogP contribution in [0.15, 0.2) is 36.8 Å². The molecule has 4 nitrogen and oxygen atoms in total. The highest BCUT2D eigenvalue weighted by molar-refractivity contribution is 5.85. The monoisotopic (exact) mass is 284 g/mol. The van der Waals surface area contributed by atoms with Gasteiger partial charge in [-0.05, 0) is 37.1 Å². The maximum absolute atomic E-state index is 13.7. The molecule has 3 aromatic rings. The van der Waals surface area contributed by atoms with Gasteiger partial charge >= 0.3 is 0 Å². The number of aromatic nitrogens is 3. The van der Waals surface area contributed by atoms with Gasteiger partial charge in [0.1, 0.15) is 11.3 Å². The smallest absolute Gasteiger partial charge is 0.154 e. The number of rotatable bonds is 3. The second-order valence-corrected chi connectivity index (χ2v) is 5.26. The summed E-state index contributed by atoms with van der Waals surface area (Å²) in [5.41, 5.74) is 3.36. The molecule has 0 spiro atoms. The van der Waals surface area contributed by atoms with E-state index in [1.54, 1.807) is 31.6 Å². The van der Waals surface area contributed by atoms with Gasteiger partial charge in [0.2, 0.25) is 0 Å². The van der Waals surface area contributed by atoms with Crippen LogP contribution in [0.3, 0.4) is 0 Å². The van der Waals surface area contributed by atoms with E-state index in [0.29, 0.717) is 11.4 Å². The van der Waals surface area contributed by atoms with Gasteiger partial charge in [-0.2, -0.15) is 0 Å². The van der Waals surface area contributed by atoms with E-state index >= 15 is 0 Å². The Labute approximate surface area is 122 Å². The van der Waals surface area contributed by atoms with Gasteiger partial charge in [0.25, 0.3) is 0 Å². The molecule has 0 aliphatic rings. The molecule has 3 rings (SSSR count). The lowest BCUT2D eigenvalue weighted by atomic mass is 10.1. The third-order valence-corrected chi connectivity index (χ3v) is 3.69. The lowest BCUT2D eigenvalue weighted by molar-refractivity contribution is 0.614. The van der Waals surface area contributed by atoms with Crippen LogP contribution in [0.1, 0.15) is 24.1 Å². The van der Waals surface area contributed by atoms with Crippen molar-refractivity contribution in [1.82, 2.24) is 14.5 Å². The van der Waals surface area contributed by atoms with E-state index in [0.717, 1.165) is 16.6 Å². The second kappa shape index (κ2) is 5.16. The number of fused-ring (bicyclic) bond motifs is 1. The summed E-state index contributed by atoms with van der Waals surface area (Å²) in [6.07, 6.45) is 3.50. The van der Waals surface area contributed by atoms with E-state index in [2.05, 4.69) is 15.3 Å². The fraction of sp³-hybridized carbons (Fsp3) is 0.250. The summed E-state index contributed by atoms with van der Waals surface area (Å²) in [7, 11) is 1.94. The zero-order chi connectivity index (χ0) is 15.0. The van der Waals surface area contributed by atoms with Gasteiger partial charge in [-0.1, -0.05) is 12.1 Å². The predicted octanol–water partition coefficient (Wildman–Crippen LogP) is 3.59. The van der Waals surface area contributed by atoms with Gasteiger partial charge in [0.05, 0.1) is 17.9 Å². The van der Waals surface area contributed by atoms with Crippen molar-refractivity contribution in [3.05, 3.63) is 53.7 Å². The van der Waals surface area contributed by atoms with E-state index in [9.17, 15) is 4.39 Å². The summed E-state index contributed by atoms with van der Waals surface area (Å²) >= 11 is 0. The number of benzene rings is 1. The first-order valence-electron chi connectivity index (χ1n) is 6.85. The fourth-order valence-electron chi connectivity index (χ4n) is 2.33. The molecule has 1 N–H and O–H groups in total. The zero-order valence-corrected chi connectivity index (χ0v) is 12.3. The number of imidazole rings is 1. The number of hydrogen-bond donors (Lipinski definition) is 1. The molecule has 0 fully saturated rings. The molecule has 2 aromatic heterocycles. The Hall–Kier alpha value is -2.43. The van der Waals surface area contributed by atoms with E-state index in [-0.39, 0.29) is 11.9 Å². The molecule has 0 radical (unpaired) electrons. The van der Waals surface area contributed by atoms with Crippen LogP contribution in [0.2, 0.25) is 0 Å². The maximum Gasteiger partial charge on any atom is 0.154 e. The zero-order valence-electron chi connectivity index (χ0n) is 12.3. The lowest BCUT2D eigenvalue weighted by Gasteiger charge is -2.15. The van der Waals surface area contributed by atoms with Crippen LogP contribution in [-0.4, -0.2) is 14.5 Å². The Bertz CT molecular complexity index is 794. The van der Waals surface area contributed by atoms with Crippen molar-refractivity contribution in [3.63, 3.8) is 0 Å². The number of nitrogens with one attached hydrogen (secondary N) is 1. The lowest BCUT2D eigenvalue weighted by Crippen LogP contribution is -2.09. The summed E-state index contributed by atoms with van der Waals surface area (Å²) in [4.78, 5) is 8.71. The van der Waals surface area contributed by atoms with Gasteiger partial charge in [0, 0.05) is 13.2 Å². The van der Waals surface area contributed by atoms with Gasteiger partial charge < -0.3 is 9.88 Å². The molecule has 0 saturated heterocycles. The maximum atomic E-state index is 13.7. The van der Waals surface area contributed by atoms with Gasteiger partial charge in [-0.15, -0.1) is 0 Å². The second-order valence-electron chi connectivity index (χ2n) is 5.26. The van der Waals surface area contributed by atoms with Crippen LogP contribution in [0.4, 0.5) is 10.2 Å². The van der Waals surface area contributed by atoms with E-state index < -0.39 is 0 Å². The summed E-state index contributed by atoms with van der Waals surface area (Å²) in [6.45, 7) is 3.74. The minimum absolute atomic E-state index is 0.0554. The Morgan fingerprint density at radius 2 is 2.05 bits per heavy atom. The number of pyridine rings is 1. The van der Waals surface area contributed by atoms with E-state index in [1.165, 1.54) is 0 Å². The number of hydrogen-bond acceptors (Lipinski definition) is 3. The molecule has 1 atom stereocenters. The van der Waals surface area contributed by atoms with Crippen molar-refractivity contribution >= 4 is 16.9 Å². The normalized spacial score (nSPS) is 12.6. The molecule has 0 bridgehead atoms. The van der Waals surface area contributed by atoms with Crippen molar-refractivity contribution in [2.24, 2.45) is 7.05 Å². The molecule has 1 aromatic carbocycles. The highest BCUT2D eigenvalue weighted by atomic mass is 19.1. The Kier molecular flexibility index (Phi) is 3.33. The van der Waals surface area contributed by atoms with Crippen LogP contribution in [0.25, 0.3) is 11.0 Å². The first-order chi connectivity index (χ1) is 10.1. The Morgan fingerprint density at radius 3 is 2.81 bits per heavy atom. The van der Waals surface area contributed by atoms with Gasteiger partial charge in [-0.3, -0.25) is 0 Å². The van der Waals surface area contributed by atoms with Crippen molar-refractivity contribution < 1.29 is 4.39 Å². The standard InChI is InChI=1S/C16H17FN4/c1-10-4-5-12(8-13(10)17)11(2)20-16-15-14(6-7-18-16)21(3)9-19-15/h4-9,11H,1-3H3,(H,18,20). The van der Waals surface area contributed by atoms with Crippen molar-refractivity contribution in [3.8, 4) is 0 Å². The molecule has 0 amide bonds. The van der Waals surface area contributed by atoms with Crippen LogP contribution < -0.4 is 5.32 Å². The quantitative estimate of drug-likeness (QED) is 0.799. The van der Waals surface area contributed by atoms with Crippen LogP contribution in [0, 0.1) is 12.7 Å². The Balaban J connectivity index is 1.92. The van der Waals surface area contributed by atoms with Crippen LogP contribution in [0.5, 0.6) is 0 Å². The third kappa shape index (κ3) is 2.46. The number of aryl methyl sites for hydroxylation is 2. The van der Waals surface area contributed by atoms with Crippen molar-refractivity contribution in [1.29, 1.82) is 0 Å². The number of anilines is 1. The molecular formula is C16H17FN4. The molecule has 0 saturated carbocycles. The average molecular weight is 284 g/mol. The van der Waals surface area contributed by atoms with Crippen LogP contribution >= 0.6 is 0 Å². The number of nitrogens with zero attached hydrogens (tertiary/aromatic N) is 3. The fourth-order valence-corrected chi connectivity index (χ4v) is 2.33. The molecular weight excluding hydrogens is 267 g/mol. The summed E-state index contributed by atoms with van der Waals surface area (Å²) in [6, 6.07) is 7.14. The van der Waals surface area contributed by atoms with Crippen molar-refractivity contribution in [2.75, 3.05) is 5.32 Å². The van der Waals surface area contributed by atoms with Gasteiger partial charge in [-0.25, -0.2) is 14.4 Å². The minimum atomic E-state index is -0.190. The van der Waals surface area contributed by atoms with E-state index in [4.69, 9.17) is 0 Å². The largest absolute Gasteiger partial charge is 0.362 e. The first-order valence-corrected chi connectivity index (χ1v) is 6.85. The minimum Gasteiger partial charge on any atom is -0.362 e. The highest BCUT2D eigenvalue weighted by Gasteiger charge is 2.12. The summed E-state index contributed by atoms with van der Waals surface area (Å²) in [5, 5.41) is 3.31. The molecule has 2 heterocycles. The molecule has 0 aliphatic carbocycles. The predicted molar refractivity (Wildman–Crippen MR) is 81.7 cm³/mol. The third-order valence-electron chi connectivity index (χ3n) is 3.69. The highest BCUT2D eigenvalue weighted by Crippen LogP contribution is 2.24. The average Bonchev–Trinajstić information content (AvgIpc) is 2.85. The molecule has 5 heteroatoms. The van der Waals surface area contributed by atoms with Gasteiger partial charge in [0.15, 0.2) is 5.82 Å². The summed E-state index contributed by atoms with van der Waals surface area (Å²) < 4.78 is 15.6. The molecule has 0 aliphatic heterocycles.